The van der Waals surface area contributed by atoms with Crippen molar-refractivity contribution in [1.82, 2.24) is 10.2 Å². The molecule has 186 valence electrons. The number of nitrogens with zero attached hydrogens (tertiary/aromatic N) is 1. The summed E-state index contributed by atoms with van der Waals surface area (Å²) in [5, 5.41) is 12.6. The summed E-state index contributed by atoms with van der Waals surface area (Å²) >= 11 is 0. The van der Waals surface area contributed by atoms with Crippen molar-refractivity contribution in [3.8, 4) is 0 Å². The fraction of sp³-hybridized carbons (Fsp3) is 0.731. The molecule has 0 radical (unpaired) electrons. The normalized spacial score (nSPS) is 20.6. The summed E-state index contributed by atoms with van der Waals surface area (Å²) in [6.07, 6.45) is 13.0. The Labute approximate surface area is 198 Å². The van der Waals surface area contributed by atoms with Gasteiger partial charge in [-0.15, -0.1) is 13.2 Å². The van der Waals surface area contributed by atoms with E-state index < -0.39 is 5.92 Å². The molecule has 1 aliphatic heterocycles. The molecular weight excluding hydrogens is 420 g/mol. The van der Waals surface area contributed by atoms with Gasteiger partial charge in [-0.2, -0.15) is 0 Å². The van der Waals surface area contributed by atoms with Gasteiger partial charge in [0, 0.05) is 19.4 Å². The number of aliphatic hydroxyl groups excluding tert-OH is 1. The Morgan fingerprint density at radius 2 is 1.85 bits per heavy atom. The van der Waals surface area contributed by atoms with Crippen molar-refractivity contribution in [3.63, 3.8) is 0 Å². The first-order valence-electron chi connectivity index (χ1n) is 12.6. The van der Waals surface area contributed by atoms with Crippen molar-refractivity contribution in [1.29, 1.82) is 0 Å². The zero-order chi connectivity index (χ0) is 24.1. The maximum absolute atomic E-state index is 13.2. The Kier molecular flexibility index (Phi) is 12.2. The number of allylic oxidation sites excluding steroid dienone is 2. The van der Waals surface area contributed by atoms with Crippen LogP contribution in [0.1, 0.15) is 77.0 Å². The van der Waals surface area contributed by atoms with E-state index >= 15 is 0 Å². The molecule has 2 fully saturated rings. The number of carbonyl (C=O) groups is 3. The average molecular weight is 463 g/mol. The largest absolute Gasteiger partial charge is 0.463 e. The first kappa shape index (κ1) is 27.1. The molecule has 0 aromatic rings. The highest BCUT2D eigenvalue weighted by Gasteiger charge is 2.32. The smallest absolute Gasteiger partial charge is 0.306 e. The molecular formula is C26H42N2O5. The molecule has 3 unspecified atom stereocenters. The molecule has 2 aliphatic rings. The fourth-order valence-corrected chi connectivity index (χ4v) is 4.96. The van der Waals surface area contributed by atoms with Crippen LogP contribution >= 0.6 is 0 Å². The number of ether oxygens (including phenoxy) is 1. The van der Waals surface area contributed by atoms with E-state index in [0.717, 1.165) is 32.1 Å². The zero-order valence-corrected chi connectivity index (χ0v) is 20.0. The predicted molar refractivity (Wildman–Crippen MR) is 128 cm³/mol. The lowest BCUT2D eigenvalue weighted by atomic mass is 9.84. The number of amides is 2. The van der Waals surface area contributed by atoms with Gasteiger partial charge in [0.25, 0.3) is 0 Å². The third-order valence-corrected chi connectivity index (χ3v) is 6.84. The van der Waals surface area contributed by atoms with Gasteiger partial charge in [-0.25, -0.2) is 0 Å². The molecule has 33 heavy (non-hydrogen) atoms. The van der Waals surface area contributed by atoms with E-state index in [1.54, 1.807) is 17.1 Å². The van der Waals surface area contributed by atoms with E-state index in [1.807, 2.05) is 0 Å². The highest BCUT2D eigenvalue weighted by molar-refractivity contribution is 5.86. The monoisotopic (exact) mass is 462 g/mol. The van der Waals surface area contributed by atoms with Crippen LogP contribution in [0.15, 0.2) is 25.3 Å². The van der Waals surface area contributed by atoms with Crippen LogP contribution in [0.5, 0.6) is 0 Å². The number of aliphatic hydroxyl groups is 1. The first-order chi connectivity index (χ1) is 16.0. The molecule has 1 heterocycles. The third kappa shape index (κ3) is 9.32. The number of hydrogen-bond donors (Lipinski definition) is 2. The molecule has 7 nitrogen and oxygen atoms in total. The molecule has 2 rings (SSSR count). The number of esters is 1. The second-order valence-corrected chi connectivity index (χ2v) is 9.45. The van der Waals surface area contributed by atoms with Crippen LogP contribution in [-0.4, -0.2) is 59.6 Å². The molecule has 3 atom stereocenters. The molecule has 2 N–H and O–H groups in total. The zero-order valence-electron chi connectivity index (χ0n) is 20.0. The Bertz CT molecular complexity index is 659. The third-order valence-electron chi connectivity index (χ3n) is 6.84. The van der Waals surface area contributed by atoms with Crippen molar-refractivity contribution in [2.24, 2.45) is 11.8 Å². The van der Waals surface area contributed by atoms with E-state index in [-0.39, 0.29) is 55.9 Å². The van der Waals surface area contributed by atoms with Gasteiger partial charge in [0.15, 0.2) is 0 Å². The van der Waals surface area contributed by atoms with Crippen molar-refractivity contribution >= 4 is 17.8 Å². The molecule has 2 amide bonds. The second kappa shape index (κ2) is 14.9. The minimum absolute atomic E-state index is 0.0508. The number of hydrogen-bond acceptors (Lipinski definition) is 5. The second-order valence-electron chi connectivity index (χ2n) is 9.45. The summed E-state index contributed by atoms with van der Waals surface area (Å²) in [6.45, 7) is 8.10. The summed E-state index contributed by atoms with van der Waals surface area (Å²) in [5.74, 6) is -0.621. The van der Waals surface area contributed by atoms with Crippen LogP contribution in [0.25, 0.3) is 0 Å². The number of rotatable bonds is 14. The Morgan fingerprint density at radius 3 is 2.52 bits per heavy atom. The van der Waals surface area contributed by atoms with Crippen LogP contribution < -0.4 is 5.32 Å². The van der Waals surface area contributed by atoms with E-state index in [9.17, 15) is 19.5 Å². The van der Waals surface area contributed by atoms with Gasteiger partial charge < -0.3 is 20.1 Å². The van der Waals surface area contributed by atoms with Gasteiger partial charge in [-0.1, -0.05) is 44.3 Å². The van der Waals surface area contributed by atoms with Gasteiger partial charge in [0.1, 0.15) is 6.61 Å². The van der Waals surface area contributed by atoms with Gasteiger partial charge in [-0.05, 0) is 38.0 Å². The number of carbonyl (C=O) groups excluding carboxylic acids is 3. The summed E-state index contributed by atoms with van der Waals surface area (Å²) in [5.41, 5.74) is 0. The summed E-state index contributed by atoms with van der Waals surface area (Å²) < 4.78 is 5.45. The van der Waals surface area contributed by atoms with Gasteiger partial charge >= 0.3 is 5.97 Å². The molecule has 7 heteroatoms. The molecule has 0 aromatic heterocycles. The van der Waals surface area contributed by atoms with Crippen LogP contribution in [-0.2, 0) is 19.1 Å². The summed E-state index contributed by atoms with van der Waals surface area (Å²) in [4.78, 5) is 39.7. The van der Waals surface area contributed by atoms with Crippen molar-refractivity contribution in [2.45, 2.75) is 89.1 Å². The lowest BCUT2D eigenvalue weighted by Gasteiger charge is -2.29. The molecule has 0 spiro atoms. The van der Waals surface area contributed by atoms with Crippen molar-refractivity contribution in [2.75, 3.05) is 19.8 Å². The summed E-state index contributed by atoms with van der Waals surface area (Å²) in [7, 11) is 0. The maximum atomic E-state index is 13.2. The molecule has 1 saturated heterocycles. The Hall–Kier alpha value is -2.15. The van der Waals surface area contributed by atoms with E-state index in [2.05, 4.69) is 18.5 Å². The van der Waals surface area contributed by atoms with E-state index in [1.165, 1.54) is 19.3 Å². The minimum Gasteiger partial charge on any atom is -0.463 e. The van der Waals surface area contributed by atoms with E-state index in [4.69, 9.17) is 4.74 Å². The van der Waals surface area contributed by atoms with Crippen molar-refractivity contribution in [3.05, 3.63) is 25.3 Å². The molecule has 0 bridgehead atoms. The van der Waals surface area contributed by atoms with E-state index in [0.29, 0.717) is 25.3 Å². The van der Waals surface area contributed by atoms with Gasteiger partial charge in [0.05, 0.1) is 24.6 Å². The lowest BCUT2D eigenvalue weighted by Crippen LogP contribution is -2.45. The number of likely N-dealkylation sites (tertiary alicyclic amines) is 1. The van der Waals surface area contributed by atoms with Gasteiger partial charge in [0.2, 0.25) is 11.8 Å². The fourth-order valence-electron chi connectivity index (χ4n) is 4.96. The van der Waals surface area contributed by atoms with Crippen LogP contribution in [0, 0.1) is 11.8 Å². The average Bonchev–Trinajstić information content (AvgIpc) is 3.30. The lowest BCUT2D eigenvalue weighted by molar-refractivity contribution is -0.145. The standard InChI is InChI=1S/C26H42N2O5/c1-3-5-14-25(31)33-19-22(16-20-11-7-6-8-12-20)27-26(32)21(10-4-2)17-24(30)28-15-9-13-23(28)18-29/h3-4,20-23,29H,1-2,5-19H2,(H,27,32). The van der Waals surface area contributed by atoms with Crippen LogP contribution in [0.2, 0.25) is 0 Å². The van der Waals surface area contributed by atoms with Crippen LogP contribution in [0.4, 0.5) is 0 Å². The Morgan fingerprint density at radius 1 is 1.09 bits per heavy atom. The summed E-state index contributed by atoms with van der Waals surface area (Å²) in [6, 6.07) is -0.424. The predicted octanol–water partition coefficient (Wildman–Crippen LogP) is 3.52. The SMILES string of the molecule is C=CCCC(=O)OCC(CC1CCCCC1)NC(=O)C(CC=C)CC(=O)N1CCCC1CO. The first-order valence-corrected chi connectivity index (χ1v) is 12.6. The van der Waals surface area contributed by atoms with Crippen molar-refractivity contribution < 1.29 is 24.2 Å². The minimum atomic E-state index is -0.528. The number of nitrogens with one attached hydrogen (secondary N) is 1. The highest BCUT2D eigenvalue weighted by Crippen LogP contribution is 2.28. The Balaban J connectivity index is 1.99. The van der Waals surface area contributed by atoms with Gasteiger partial charge in [-0.3, -0.25) is 14.4 Å². The molecule has 1 aliphatic carbocycles. The highest BCUT2D eigenvalue weighted by atomic mass is 16.5. The maximum Gasteiger partial charge on any atom is 0.306 e. The topological polar surface area (TPSA) is 95.9 Å². The van der Waals surface area contributed by atoms with Crippen LogP contribution in [0.3, 0.4) is 0 Å². The molecule has 1 saturated carbocycles. The molecule has 0 aromatic carbocycles. The quantitative estimate of drug-likeness (QED) is 0.304.